The molecular formula is C13H20N2O2S. The fourth-order valence-electron chi connectivity index (χ4n) is 1.68. The van der Waals surface area contributed by atoms with E-state index in [0.717, 1.165) is 15.3 Å². The average molecular weight is 268 g/mol. The van der Waals surface area contributed by atoms with Gasteiger partial charge in [-0.1, -0.05) is 0 Å². The van der Waals surface area contributed by atoms with Crippen molar-refractivity contribution in [1.29, 1.82) is 0 Å². The highest BCUT2D eigenvalue weighted by molar-refractivity contribution is 7.12. The maximum atomic E-state index is 11.9. The Balaban J connectivity index is 2.47. The van der Waals surface area contributed by atoms with E-state index in [2.05, 4.69) is 5.32 Å². The Morgan fingerprint density at radius 1 is 1.39 bits per heavy atom. The minimum absolute atomic E-state index is 0.0346. The van der Waals surface area contributed by atoms with E-state index in [1.54, 1.807) is 11.3 Å². The quantitative estimate of drug-likeness (QED) is 0.773. The molecule has 5 heteroatoms. The van der Waals surface area contributed by atoms with Gasteiger partial charge in [0.25, 0.3) is 0 Å². The molecule has 0 saturated heterocycles. The third-order valence-electron chi connectivity index (χ3n) is 2.68. The molecule has 0 unspecified atom stereocenters. The van der Waals surface area contributed by atoms with Gasteiger partial charge in [-0.25, -0.2) is 0 Å². The van der Waals surface area contributed by atoms with Crippen LogP contribution in [0.4, 0.5) is 0 Å². The Hall–Kier alpha value is -1.20. The lowest BCUT2D eigenvalue weighted by atomic mass is 10.1. The monoisotopic (exact) mass is 268 g/mol. The third-order valence-corrected chi connectivity index (χ3v) is 3.65. The molecule has 0 radical (unpaired) electrons. The van der Waals surface area contributed by atoms with Crippen LogP contribution in [0.3, 0.4) is 0 Å². The molecule has 1 aromatic heterocycles. The molecule has 0 fully saturated rings. The summed E-state index contributed by atoms with van der Waals surface area (Å²) in [4.78, 5) is 25.6. The van der Waals surface area contributed by atoms with E-state index in [-0.39, 0.29) is 30.6 Å². The zero-order valence-electron chi connectivity index (χ0n) is 11.1. The Labute approximate surface area is 112 Å². The van der Waals surface area contributed by atoms with E-state index in [4.69, 9.17) is 5.73 Å². The second-order valence-electron chi connectivity index (χ2n) is 4.45. The highest BCUT2D eigenvalue weighted by Gasteiger charge is 2.14. The van der Waals surface area contributed by atoms with Crippen molar-refractivity contribution in [3.05, 3.63) is 21.4 Å². The number of amides is 1. The molecule has 1 atom stereocenters. The molecule has 0 saturated carbocycles. The number of ketones is 1. The number of Topliss-reactive ketones (excluding diaryl/α,β-unsaturated/α-hetero) is 1. The van der Waals surface area contributed by atoms with Crippen molar-refractivity contribution < 1.29 is 9.59 Å². The van der Waals surface area contributed by atoms with Crippen LogP contribution in [0, 0.1) is 13.8 Å². The number of hydrogen-bond donors (Lipinski definition) is 2. The number of nitrogens with two attached hydrogens (primary N) is 1. The smallest absolute Gasteiger partial charge is 0.220 e. The van der Waals surface area contributed by atoms with Gasteiger partial charge < -0.3 is 11.1 Å². The fraction of sp³-hybridized carbons (Fsp3) is 0.538. The second kappa shape index (κ2) is 6.66. The molecule has 0 aliphatic heterocycles. The van der Waals surface area contributed by atoms with E-state index >= 15 is 0 Å². The van der Waals surface area contributed by atoms with Crippen LogP contribution in [0.25, 0.3) is 0 Å². The maximum absolute atomic E-state index is 11.9. The molecular weight excluding hydrogens is 248 g/mol. The first kappa shape index (κ1) is 14.9. The van der Waals surface area contributed by atoms with Crippen molar-refractivity contribution in [2.24, 2.45) is 5.73 Å². The molecule has 1 aromatic rings. The van der Waals surface area contributed by atoms with Crippen molar-refractivity contribution in [3.63, 3.8) is 0 Å². The Bertz CT molecular complexity index is 440. The molecule has 18 heavy (non-hydrogen) atoms. The number of hydrogen-bond acceptors (Lipinski definition) is 4. The molecule has 0 aromatic carbocycles. The first-order valence-electron chi connectivity index (χ1n) is 6.03. The van der Waals surface area contributed by atoms with Crippen LogP contribution in [0.15, 0.2) is 6.07 Å². The van der Waals surface area contributed by atoms with Crippen LogP contribution in [0.1, 0.15) is 39.9 Å². The summed E-state index contributed by atoms with van der Waals surface area (Å²) in [6.07, 6.45) is 0.470. The summed E-state index contributed by atoms with van der Waals surface area (Å²) in [5.74, 6) is -0.0849. The number of aryl methyl sites for hydroxylation is 2. The van der Waals surface area contributed by atoms with Crippen LogP contribution in [-0.2, 0) is 4.79 Å². The minimum Gasteiger partial charge on any atom is -0.352 e. The lowest BCUT2D eigenvalue weighted by Gasteiger charge is -2.10. The highest BCUT2D eigenvalue weighted by atomic mass is 32.1. The lowest BCUT2D eigenvalue weighted by Crippen LogP contribution is -2.37. The van der Waals surface area contributed by atoms with Gasteiger partial charge in [-0.15, -0.1) is 11.3 Å². The van der Waals surface area contributed by atoms with E-state index in [1.165, 1.54) is 0 Å². The van der Waals surface area contributed by atoms with Crippen molar-refractivity contribution in [2.45, 2.75) is 39.7 Å². The predicted octanol–water partition coefficient (Wildman–Crippen LogP) is 1.79. The van der Waals surface area contributed by atoms with Crippen LogP contribution < -0.4 is 11.1 Å². The van der Waals surface area contributed by atoms with Crippen LogP contribution in [-0.4, -0.2) is 24.3 Å². The van der Waals surface area contributed by atoms with E-state index in [0.29, 0.717) is 6.54 Å². The zero-order chi connectivity index (χ0) is 13.7. The summed E-state index contributed by atoms with van der Waals surface area (Å²) in [6, 6.07) is 1.85. The SMILES string of the molecule is Cc1cc(C(=O)CCC(=O)N[C@@H](C)CN)c(C)s1. The average Bonchev–Trinajstić information content (AvgIpc) is 2.65. The summed E-state index contributed by atoms with van der Waals surface area (Å²) in [6.45, 7) is 6.15. The Morgan fingerprint density at radius 3 is 2.56 bits per heavy atom. The third kappa shape index (κ3) is 4.23. The van der Waals surface area contributed by atoms with Gasteiger partial charge in [-0.05, 0) is 26.8 Å². The van der Waals surface area contributed by atoms with Gasteiger partial charge >= 0.3 is 0 Å². The number of carbonyl (C=O) groups is 2. The maximum Gasteiger partial charge on any atom is 0.220 e. The summed E-state index contributed by atoms with van der Waals surface area (Å²) < 4.78 is 0. The first-order valence-corrected chi connectivity index (χ1v) is 6.85. The molecule has 0 bridgehead atoms. The molecule has 3 N–H and O–H groups in total. The van der Waals surface area contributed by atoms with E-state index in [1.807, 2.05) is 26.8 Å². The summed E-state index contributed by atoms with van der Waals surface area (Å²) >= 11 is 1.61. The highest BCUT2D eigenvalue weighted by Crippen LogP contribution is 2.22. The number of rotatable bonds is 6. The van der Waals surface area contributed by atoms with E-state index in [9.17, 15) is 9.59 Å². The van der Waals surface area contributed by atoms with Gasteiger partial charge in [0, 0.05) is 40.7 Å². The van der Waals surface area contributed by atoms with Gasteiger partial charge in [0.05, 0.1) is 0 Å². The van der Waals surface area contributed by atoms with Crippen molar-refractivity contribution in [1.82, 2.24) is 5.32 Å². The van der Waals surface area contributed by atoms with Crippen LogP contribution in [0.2, 0.25) is 0 Å². The second-order valence-corrected chi connectivity index (χ2v) is 5.91. The molecule has 0 spiro atoms. The van der Waals surface area contributed by atoms with Gasteiger partial charge in [-0.2, -0.15) is 0 Å². The number of carbonyl (C=O) groups excluding carboxylic acids is 2. The lowest BCUT2D eigenvalue weighted by molar-refractivity contribution is -0.121. The van der Waals surface area contributed by atoms with Crippen molar-refractivity contribution in [3.8, 4) is 0 Å². The van der Waals surface area contributed by atoms with Crippen LogP contribution >= 0.6 is 11.3 Å². The number of thiophene rings is 1. The predicted molar refractivity (Wildman–Crippen MR) is 74.0 cm³/mol. The van der Waals surface area contributed by atoms with Crippen molar-refractivity contribution in [2.75, 3.05) is 6.54 Å². The minimum atomic E-state index is -0.120. The largest absolute Gasteiger partial charge is 0.352 e. The molecule has 1 heterocycles. The van der Waals surface area contributed by atoms with Gasteiger partial charge in [0.1, 0.15) is 0 Å². The summed E-state index contributed by atoms with van der Waals surface area (Å²) in [5.41, 5.74) is 6.16. The van der Waals surface area contributed by atoms with Crippen LogP contribution in [0.5, 0.6) is 0 Å². The topological polar surface area (TPSA) is 72.2 Å². The first-order chi connectivity index (χ1) is 8.43. The standard InChI is InChI=1S/C13H20N2O2S/c1-8(7-14)15-13(17)5-4-12(16)11-6-9(2)18-10(11)3/h6,8H,4-5,7,14H2,1-3H3,(H,15,17)/t8-/m0/s1. The molecule has 4 nitrogen and oxygen atoms in total. The molecule has 1 rings (SSSR count). The molecule has 0 aliphatic rings. The normalized spacial score (nSPS) is 12.2. The fourth-order valence-corrected chi connectivity index (χ4v) is 2.62. The zero-order valence-corrected chi connectivity index (χ0v) is 11.9. The van der Waals surface area contributed by atoms with Gasteiger partial charge in [-0.3, -0.25) is 9.59 Å². The molecule has 100 valence electrons. The van der Waals surface area contributed by atoms with Gasteiger partial charge in [0.15, 0.2) is 5.78 Å². The molecule has 0 aliphatic carbocycles. The summed E-state index contributed by atoms with van der Waals surface area (Å²) in [7, 11) is 0. The van der Waals surface area contributed by atoms with E-state index < -0.39 is 0 Å². The number of nitrogens with one attached hydrogen (secondary N) is 1. The van der Waals surface area contributed by atoms with Crippen molar-refractivity contribution >= 4 is 23.0 Å². The summed E-state index contributed by atoms with van der Waals surface area (Å²) in [5, 5.41) is 2.74. The Morgan fingerprint density at radius 2 is 2.06 bits per heavy atom. The van der Waals surface area contributed by atoms with Gasteiger partial charge in [0.2, 0.25) is 5.91 Å². The molecule has 1 amide bonds. The Kier molecular flexibility index (Phi) is 5.50.